The average molecular weight is 228 g/mol. The van der Waals surface area contributed by atoms with Crippen LogP contribution >= 0.6 is 11.8 Å². The van der Waals surface area contributed by atoms with Gasteiger partial charge in [0.2, 0.25) is 5.91 Å². The lowest BCUT2D eigenvalue weighted by Crippen LogP contribution is -2.32. The molecule has 2 amide bonds. The number of hydrogen-bond donors (Lipinski definition) is 3. The number of rotatable bonds is 5. The Morgan fingerprint density at radius 2 is 2.33 bits per heavy atom. The van der Waals surface area contributed by atoms with Crippen LogP contribution in [0.5, 0.6) is 0 Å². The third-order valence-corrected chi connectivity index (χ3v) is 2.50. The van der Waals surface area contributed by atoms with E-state index in [9.17, 15) is 9.59 Å². The smallest absolute Gasteiger partial charge is 0.274 e. The zero-order chi connectivity index (χ0) is 11.1. The molecular formula is C9H12N2O3S. The fourth-order valence-electron chi connectivity index (χ4n) is 0.931. The van der Waals surface area contributed by atoms with Gasteiger partial charge in [0.05, 0.1) is 12.4 Å². The molecule has 0 atom stereocenters. The van der Waals surface area contributed by atoms with Gasteiger partial charge in [0, 0.05) is 11.9 Å². The van der Waals surface area contributed by atoms with E-state index in [0.717, 1.165) is 0 Å². The summed E-state index contributed by atoms with van der Waals surface area (Å²) >= 11 is 1.28. The summed E-state index contributed by atoms with van der Waals surface area (Å²) in [6, 6.07) is 3.27. The van der Waals surface area contributed by atoms with Crippen LogP contribution in [-0.4, -0.2) is 40.0 Å². The summed E-state index contributed by atoms with van der Waals surface area (Å²) in [5.74, 6) is -0.125. The topological polar surface area (TPSA) is 82.2 Å². The SMILES string of the molecule is O=C(CSCCO)NC(=O)c1ccc[nH]1. The van der Waals surface area contributed by atoms with E-state index in [1.807, 2.05) is 0 Å². The summed E-state index contributed by atoms with van der Waals surface area (Å²) in [7, 11) is 0. The molecular weight excluding hydrogens is 216 g/mol. The minimum Gasteiger partial charge on any atom is -0.396 e. The minimum atomic E-state index is -0.436. The largest absolute Gasteiger partial charge is 0.396 e. The van der Waals surface area contributed by atoms with Crippen molar-refractivity contribution in [3.63, 3.8) is 0 Å². The standard InChI is InChI=1S/C9H12N2O3S/c12-4-5-15-6-8(13)11-9(14)7-2-1-3-10-7/h1-3,10,12H,4-6H2,(H,11,13,14). The maximum Gasteiger partial charge on any atom is 0.274 e. The van der Waals surface area contributed by atoms with Gasteiger partial charge in [0.15, 0.2) is 0 Å². The fraction of sp³-hybridized carbons (Fsp3) is 0.333. The summed E-state index contributed by atoms with van der Waals surface area (Å²) in [6.45, 7) is 0.0303. The van der Waals surface area contributed by atoms with Gasteiger partial charge >= 0.3 is 0 Å². The van der Waals surface area contributed by atoms with Gasteiger partial charge in [0.25, 0.3) is 5.91 Å². The number of nitrogens with one attached hydrogen (secondary N) is 2. The molecule has 82 valence electrons. The quantitative estimate of drug-likeness (QED) is 0.619. The summed E-state index contributed by atoms with van der Waals surface area (Å²) in [5, 5.41) is 10.7. The Morgan fingerprint density at radius 3 is 2.93 bits per heavy atom. The van der Waals surface area contributed by atoms with E-state index in [0.29, 0.717) is 11.4 Å². The van der Waals surface area contributed by atoms with E-state index >= 15 is 0 Å². The number of aromatic nitrogens is 1. The Kier molecular flexibility index (Phi) is 4.92. The van der Waals surface area contributed by atoms with Crippen LogP contribution in [0.15, 0.2) is 18.3 Å². The minimum absolute atomic E-state index is 0.0303. The first kappa shape index (κ1) is 11.8. The Balaban J connectivity index is 2.29. The van der Waals surface area contributed by atoms with Gasteiger partial charge in [-0.3, -0.25) is 14.9 Å². The van der Waals surface area contributed by atoms with Gasteiger partial charge in [-0.15, -0.1) is 11.8 Å². The van der Waals surface area contributed by atoms with Crippen molar-refractivity contribution in [2.75, 3.05) is 18.1 Å². The molecule has 0 aliphatic carbocycles. The zero-order valence-corrected chi connectivity index (χ0v) is 8.84. The number of aromatic amines is 1. The molecule has 5 nitrogen and oxygen atoms in total. The number of carbonyl (C=O) groups is 2. The molecule has 0 radical (unpaired) electrons. The van der Waals surface area contributed by atoms with Crippen molar-refractivity contribution >= 4 is 23.6 Å². The summed E-state index contributed by atoms with van der Waals surface area (Å²) in [5.41, 5.74) is 0.357. The molecule has 0 spiro atoms. The predicted molar refractivity (Wildman–Crippen MR) is 57.7 cm³/mol. The van der Waals surface area contributed by atoms with Crippen LogP contribution in [0.4, 0.5) is 0 Å². The molecule has 0 fully saturated rings. The van der Waals surface area contributed by atoms with Crippen LogP contribution in [0.3, 0.4) is 0 Å². The Labute approximate surface area is 91.3 Å². The highest BCUT2D eigenvalue weighted by Gasteiger charge is 2.09. The monoisotopic (exact) mass is 228 g/mol. The second-order valence-electron chi connectivity index (χ2n) is 2.74. The van der Waals surface area contributed by atoms with E-state index in [4.69, 9.17) is 5.11 Å². The maximum absolute atomic E-state index is 11.3. The van der Waals surface area contributed by atoms with Crippen molar-refractivity contribution in [1.82, 2.24) is 10.3 Å². The highest BCUT2D eigenvalue weighted by Crippen LogP contribution is 1.98. The van der Waals surface area contributed by atoms with Crippen molar-refractivity contribution in [3.05, 3.63) is 24.0 Å². The summed E-state index contributed by atoms with van der Waals surface area (Å²) < 4.78 is 0. The van der Waals surface area contributed by atoms with Crippen LogP contribution in [0, 0.1) is 0 Å². The summed E-state index contributed by atoms with van der Waals surface area (Å²) in [4.78, 5) is 25.2. The fourth-order valence-corrected chi connectivity index (χ4v) is 1.46. The first-order chi connectivity index (χ1) is 7.24. The van der Waals surface area contributed by atoms with Gasteiger partial charge in [-0.05, 0) is 12.1 Å². The van der Waals surface area contributed by atoms with E-state index in [-0.39, 0.29) is 18.3 Å². The Hall–Kier alpha value is -1.27. The first-order valence-corrected chi connectivity index (χ1v) is 5.55. The maximum atomic E-state index is 11.3. The van der Waals surface area contributed by atoms with Crippen LogP contribution in [0.1, 0.15) is 10.5 Å². The third-order valence-electron chi connectivity index (χ3n) is 1.56. The highest BCUT2D eigenvalue weighted by molar-refractivity contribution is 7.99. The number of H-pyrrole nitrogens is 1. The number of hydrogen-bond acceptors (Lipinski definition) is 4. The van der Waals surface area contributed by atoms with Gasteiger partial charge < -0.3 is 10.1 Å². The molecule has 1 aromatic rings. The van der Waals surface area contributed by atoms with Crippen molar-refractivity contribution < 1.29 is 14.7 Å². The molecule has 0 saturated carbocycles. The second kappa shape index (κ2) is 6.26. The molecule has 0 unspecified atom stereocenters. The molecule has 1 aromatic heterocycles. The van der Waals surface area contributed by atoms with Gasteiger partial charge in [0.1, 0.15) is 5.69 Å². The van der Waals surface area contributed by atoms with Gasteiger partial charge in [-0.25, -0.2) is 0 Å². The van der Waals surface area contributed by atoms with E-state index in [2.05, 4.69) is 10.3 Å². The third kappa shape index (κ3) is 4.18. The lowest BCUT2D eigenvalue weighted by molar-refractivity contribution is -0.117. The van der Waals surface area contributed by atoms with E-state index in [1.54, 1.807) is 18.3 Å². The molecule has 0 aliphatic rings. The van der Waals surface area contributed by atoms with Crippen LogP contribution in [0.2, 0.25) is 0 Å². The molecule has 15 heavy (non-hydrogen) atoms. The Morgan fingerprint density at radius 1 is 1.53 bits per heavy atom. The van der Waals surface area contributed by atoms with Crippen molar-refractivity contribution in [3.8, 4) is 0 Å². The van der Waals surface area contributed by atoms with E-state index < -0.39 is 5.91 Å². The molecule has 0 saturated heterocycles. The second-order valence-corrected chi connectivity index (χ2v) is 3.84. The van der Waals surface area contributed by atoms with E-state index in [1.165, 1.54) is 11.8 Å². The normalized spacial score (nSPS) is 9.93. The number of aliphatic hydroxyl groups is 1. The van der Waals surface area contributed by atoms with Crippen LogP contribution < -0.4 is 5.32 Å². The predicted octanol–water partition coefficient (Wildman–Crippen LogP) is -0.00340. The highest BCUT2D eigenvalue weighted by atomic mass is 32.2. The number of amides is 2. The number of carbonyl (C=O) groups excluding carboxylic acids is 2. The zero-order valence-electron chi connectivity index (χ0n) is 8.03. The molecule has 1 rings (SSSR count). The lowest BCUT2D eigenvalue weighted by atomic mass is 10.4. The summed E-state index contributed by atoms with van der Waals surface area (Å²) in [6.07, 6.45) is 1.61. The number of aliphatic hydroxyl groups excluding tert-OH is 1. The Bertz CT molecular complexity index is 324. The van der Waals surface area contributed by atoms with Gasteiger partial charge in [-0.2, -0.15) is 0 Å². The van der Waals surface area contributed by atoms with Crippen LogP contribution in [0.25, 0.3) is 0 Å². The molecule has 0 bridgehead atoms. The van der Waals surface area contributed by atoms with Crippen molar-refractivity contribution in [1.29, 1.82) is 0 Å². The number of imide groups is 1. The van der Waals surface area contributed by atoms with Crippen molar-refractivity contribution in [2.45, 2.75) is 0 Å². The number of thioether (sulfide) groups is 1. The lowest BCUT2D eigenvalue weighted by Gasteiger charge is -2.01. The molecule has 0 aliphatic heterocycles. The average Bonchev–Trinajstić information content (AvgIpc) is 2.70. The van der Waals surface area contributed by atoms with Gasteiger partial charge in [-0.1, -0.05) is 0 Å². The first-order valence-electron chi connectivity index (χ1n) is 4.40. The molecule has 1 heterocycles. The molecule has 0 aromatic carbocycles. The molecule has 6 heteroatoms. The van der Waals surface area contributed by atoms with Crippen LogP contribution in [-0.2, 0) is 4.79 Å². The molecule has 3 N–H and O–H groups in total. The van der Waals surface area contributed by atoms with Crippen molar-refractivity contribution in [2.24, 2.45) is 0 Å².